The molecule has 7 heteroatoms. The number of hydrogen-bond donors (Lipinski definition) is 1. The van der Waals surface area contributed by atoms with Crippen LogP contribution in [0.5, 0.6) is 0 Å². The zero-order valence-corrected chi connectivity index (χ0v) is 17.3. The van der Waals surface area contributed by atoms with Gasteiger partial charge in [0.1, 0.15) is 0 Å². The van der Waals surface area contributed by atoms with Gasteiger partial charge in [-0.1, -0.05) is 54.2 Å². The zero-order chi connectivity index (χ0) is 20.4. The zero-order valence-electron chi connectivity index (χ0n) is 15.7. The van der Waals surface area contributed by atoms with Crippen molar-refractivity contribution < 1.29 is 19.5 Å². The fourth-order valence-electron chi connectivity index (χ4n) is 4.06. The molecule has 0 bridgehead atoms. The smallest absolute Gasteiger partial charge is 0.307 e. The van der Waals surface area contributed by atoms with Crippen LogP contribution in [-0.2, 0) is 9.59 Å². The maximum absolute atomic E-state index is 12.0. The lowest BCUT2D eigenvalue weighted by atomic mass is 9.95. The van der Waals surface area contributed by atoms with Gasteiger partial charge in [-0.05, 0) is 42.0 Å². The molecule has 0 aromatic heterocycles. The molecule has 0 radical (unpaired) electrons. The van der Waals surface area contributed by atoms with Crippen LogP contribution in [0.25, 0.3) is 11.1 Å². The van der Waals surface area contributed by atoms with Gasteiger partial charge >= 0.3 is 5.97 Å². The number of nitrogens with zero attached hydrogens (tertiary/aromatic N) is 1. The lowest BCUT2D eigenvalue weighted by Gasteiger charge is -2.24. The molecule has 2 aromatic carbocycles. The summed E-state index contributed by atoms with van der Waals surface area (Å²) in [4.78, 5) is 38.0. The number of hydrogen-bond acceptors (Lipinski definition) is 5. The Hall–Kier alpha value is -2.25. The largest absolute Gasteiger partial charge is 0.481 e. The Labute approximate surface area is 177 Å². The van der Waals surface area contributed by atoms with E-state index in [4.69, 9.17) is 0 Å². The Morgan fingerprint density at radius 1 is 1.03 bits per heavy atom. The van der Waals surface area contributed by atoms with Gasteiger partial charge in [0.05, 0.1) is 11.7 Å². The van der Waals surface area contributed by atoms with Gasteiger partial charge < -0.3 is 5.11 Å². The van der Waals surface area contributed by atoms with E-state index in [0.29, 0.717) is 6.42 Å². The monoisotopic (exact) mass is 427 g/mol. The third kappa shape index (κ3) is 4.36. The van der Waals surface area contributed by atoms with Crippen molar-refractivity contribution in [2.75, 3.05) is 12.3 Å². The van der Waals surface area contributed by atoms with Crippen LogP contribution >= 0.6 is 23.5 Å². The first-order chi connectivity index (χ1) is 14.0. The summed E-state index contributed by atoms with van der Waals surface area (Å²) in [6.07, 6.45) is 1.47. The maximum atomic E-state index is 12.0. The molecule has 2 aliphatic rings. The molecule has 5 nitrogen and oxygen atoms in total. The predicted molar refractivity (Wildman–Crippen MR) is 115 cm³/mol. The van der Waals surface area contributed by atoms with Crippen molar-refractivity contribution in [1.82, 2.24) is 4.90 Å². The summed E-state index contributed by atoms with van der Waals surface area (Å²) in [7, 11) is 0. The highest BCUT2D eigenvalue weighted by Gasteiger charge is 2.44. The number of benzene rings is 2. The summed E-state index contributed by atoms with van der Waals surface area (Å²) < 4.78 is 0. The Bertz CT molecular complexity index is 900. The highest BCUT2D eigenvalue weighted by molar-refractivity contribution is 8.14. The van der Waals surface area contributed by atoms with Gasteiger partial charge in [-0.2, -0.15) is 0 Å². The van der Waals surface area contributed by atoms with Gasteiger partial charge in [-0.25, -0.2) is 0 Å². The molecule has 0 spiro atoms. The van der Waals surface area contributed by atoms with E-state index in [2.05, 4.69) is 24.3 Å². The van der Waals surface area contributed by atoms with Crippen molar-refractivity contribution in [3.8, 4) is 11.1 Å². The molecule has 29 heavy (non-hydrogen) atoms. The van der Waals surface area contributed by atoms with Gasteiger partial charge in [0, 0.05) is 16.7 Å². The average molecular weight is 428 g/mol. The second kappa shape index (κ2) is 8.63. The number of amides is 2. The number of carbonyl (C=O) groups excluding carboxylic acids is 2. The second-order valence-electron chi connectivity index (χ2n) is 7.31. The molecule has 2 amide bonds. The van der Waals surface area contributed by atoms with Crippen molar-refractivity contribution in [2.24, 2.45) is 11.8 Å². The minimum atomic E-state index is -0.849. The van der Waals surface area contributed by atoms with Gasteiger partial charge in [0.2, 0.25) is 5.91 Å². The summed E-state index contributed by atoms with van der Waals surface area (Å²) in [5, 5.41) is 9.50. The molecule has 4 rings (SSSR count). The Balaban J connectivity index is 1.45. The molecule has 2 fully saturated rings. The highest BCUT2D eigenvalue weighted by Crippen LogP contribution is 2.43. The molecule has 3 atom stereocenters. The van der Waals surface area contributed by atoms with Crippen LogP contribution in [0.2, 0.25) is 0 Å². The fourth-order valence-corrected chi connectivity index (χ4v) is 6.18. The third-order valence-corrected chi connectivity index (χ3v) is 7.76. The highest BCUT2D eigenvalue weighted by atomic mass is 32.2. The van der Waals surface area contributed by atoms with Gasteiger partial charge in [-0.15, -0.1) is 11.8 Å². The molecule has 1 saturated carbocycles. The molecule has 1 aliphatic heterocycles. The first-order valence-corrected chi connectivity index (χ1v) is 11.4. The molecule has 150 valence electrons. The van der Waals surface area contributed by atoms with Crippen LogP contribution < -0.4 is 0 Å². The van der Waals surface area contributed by atoms with Crippen molar-refractivity contribution in [1.29, 1.82) is 0 Å². The summed E-state index contributed by atoms with van der Waals surface area (Å²) >= 11 is 2.57. The predicted octanol–water partition coefficient (Wildman–Crippen LogP) is 4.62. The molecule has 1 N–H and O–H groups in total. The molecular weight excluding hydrogens is 406 g/mol. The number of imide groups is 1. The number of aliphatic carboxylic acids is 1. The SMILES string of the molecule is O=C(O)[C@H]1[C@H](CN2C(=O)CSC2=O)CC[C@@H]1Sc1ccc(-c2ccccc2)cc1. The topological polar surface area (TPSA) is 74.7 Å². The normalized spacial score (nSPS) is 24.3. The van der Waals surface area contributed by atoms with Crippen molar-refractivity contribution in [2.45, 2.75) is 23.0 Å². The lowest BCUT2D eigenvalue weighted by molar-refractivity contribution is -0.143. The average Bonchev–Trinajstić information content (AvgIpc) is 3.27. The van der Waals surface area contributed by atoms with E-state index in [0.717, 1.165) is 34.2 Å². The summed E-state index contributed by atoms with van der Waals surface area (Å²) in [6, 6.07) is 18.3. The number of carbonyl (C=O) groups is 3. The number of carboxylic acids is 1. The van der Waals surface area contributed by atoms with Crippen LogP contribution in [0.15, 0.2) is 59.5 Å². The van der Waals surface area contributed by atoms with Crippen molar-refractivity contribution in [3.63, 3.8) is 0 Å². The lowest BCUT2D eigenvalue weighted by Crippen LogP contribution is -2.38. The van der Waals surface area contributed by atoms with E-state index in [9.17, 15) is 19.5 Å². The first kappa shape index (κ1) is 20.0. The van der Waals surface area contributed by atoms with E-state index in [1.165, 1.54) is 4.90 Å². The number of thioether (sulfide) groups is 2. The van der Waals surface area contributed by atoms with E-state index in [-0.39, 0.29) is 34.6 Å². The Morgan fingerprint density at radius 3 is 2.34 bits per heavy atom. The third-order valence-electron chi connectivity index (χ3n) is 5.52. The number of rotatable bonds is 6. The van der Waals surface area contributed by atoms with Crippen LogP contribution in [0.3, 0.4) is 0 Å². The van der Waals surface area contributed by atoms with Crippen molar-refractivity contribution in [3.05, 3.63) is 54.6 Å². The number of carboxylic acid groups (broad SMARTS) is 1. The summed E-state index contributed by atoms with van der Waals surface area (Å²) in [6.45, 7) is 0.214. The van der Waals surface area contributed by atoms with Crippen LogP contribution in [0, 0.1) is 11.8 Å². The van der Waals surface area contributed by atoms with Gasteiger partial charge in [0.25, 0.3) is 5.24 Å². The molecule has 1 heterocycles. The Morgan fingerprint density at radius 2 is 1.72 bits per heavy atom. The van der Waals surface area contributed by atoms with Crippen molar-refractivity contribution >= 4 is 40.6 Å². The molecule has 1 aliphatic carbocycles. The molecule has 2 aromatic rings. The van der Waals surface area contributed by atoms with Crippen LogP contribution in [0.4, 0.5) is 4.79 Å². The first-order valence-electron chi connectivity index (χ1n) is 9.55. The second-order valence-corrected chi connectivity index (χ2v) is 9.55. The van der Waals surface area contributed by atoms with Gasteiger partial charge in [0.15, 0.2) is 0 Å². The fraction of sp³-hybridized carbons (Fsp3) is 0.318. The maximum Gasteiger partial charge on any atom is 0.307 e. The molecule has 1 saturated heterocycles. The summed E-state index contributed by atoms with van der Waals surface area (Å²) in [5.74, 6) is -1.66. The summed E-state index contributed by atoms with van der Waals surface area (Å²) in [5.41, 5.74) is 2.27. The molecule has 0 unspecified atom stereocenters. The minimum absolute atomic E-state index is 0.0689. The standard InChI is InChI=1S/C22H21NO4S2/c24-19-13-28-22(27)23(19)12-16-8-11-18(20(16)21(25)26)29-17-9-6-15(7-10-17)14-4-2-1-3-5-14/h1-7,9-10,16,18,20H,8,11-13H2,(H,25,26)/t16-,18-,20-/m0/s1. The molecular formula is C22H21NO4S2. The Kier molecular flexibility index (Phi) is 5.96. The van der Waals surface area contributed by atoms with Crippen LogP contribution in [-0.4, -0.2) is 44.7 Å². The van der Waals surface area contributed by atoms with E-state index in [1.807, 2.05) is 30.3 Å². The van der Waals surface area contributed by atoms with E-state index >= 15 is 0 Å². The quantitative estimate of drug-likeness (QED) is 0.725. The van der Waals surface area contributed by atoms with E-state index < -0.39 is 11.9 Å². The van der Waals surface area contributed by atoms with E-state index in [1.54, 1.807) is 11.8 Å². The van der Waals surface area contributed by atoms with Gasteiger partial charge in [-0.3, -0.25) is 19.3 Å². The minimum Gasteiger partial charge on any atom is -0.481 e. The van der Waals surface area contributed by atoms with Crippen LogP contribution in [0.1, 0.15) is 12.8 Å².